The zero-order chi connectivity index (χ0) is 13.4. The number of benzene rings is 1. The molecule has 0 unspecified atom stereocenters. The van der Waals surface area contributed by atoms with Gasteiger partial charge in [0.1, 0.15) is 6.54 Å². The van der Waals surface area contributed by atoms with Gasteiger partial charge in [0.25, 0.3) is 0 Å². The number of nitrogens with zero attached hydrogens (tertiary/aromatic N) is 3. The van der Waals surface area contributed by atoms with E-state index in [-0.39, 0.29) is 12.5 Å². The van der Waals surface area contributed by atoms with Gasteiger partial charge in [-0.2, -0.15) is 0 Å². The summed E-state index contributed by atoms with van der Waals surface area (Å²) >= 11 is 3.43. The van der Waals surface area contributed by atoms with Crippen molar-refractivity contribution in [2.75, 3.05) is 18.8 Å². The molecule has 1 fully saturated rings. The lowest BCUT2D eigenvalue weighted by Crippen LogP contribution is -2.31. The fourth-order valence-corrected chi connectivity index (χ4v) is 2.83. The van der Waals surface area contributed by atoms with Crippen LogP contribution in [0, 0.1) is 0 Å². The van der Waals surface area contributed by atoms with Crippen molar-refractivity contribution in [1.29, 1.82) is 0 Å². The number of rotatable bonds is 2. The molecule has 2 heterocycles. The number of carbonyl (C=O) groups is 1. The van der Waals surface area contributed by atoms with E-state index in [0.29, 0.717) is 5.95 Å². The molecular formula is C13H15BrN4O. The quantitative estimate of drug-likeness (QED) is 0.919. The minimum atomic E-state index is 0.114. The van der Waals surface area contributed by atoms with Crippen LogP contribution >= 0.6 is 15.9 Å². The molecule has 0 spiro atoms. The molecule has 0 aliphatic carbocycles. The van der Waals surface area contributed by atoms with Gasteiger partial charge in [0.2, 0.25) is 11.9 Å². The Morgan fingerprint density at radius 2 is 2.11 bits per heavy atom. The van der Waals surface area contributed by atoms with E-state index in [2.05, 4.69) is 20.9 Å². The van der Waals surface area contributed by atoms with Gasteiger partial charge in [-0.3, -0.25) is 4.79 Å². The van der Waals surface area contributed by atoms with Crippen LogP contribution in [0.2, 0.25) is 0 Å². The van der Waals surface area contributed by atoms with Crippen LogP contribution < -0.4 is 5.73 Å². The molecule has 1 saturated heterocycles. The fraction of sp³-hybridized carbons (Fsp3) is 0.385. The molecule has 0 bridgehead atoms. The van der Waals surface area contributed by atoms with Gasteiger partial charge in [-0.1, -0.05) is 15.9 Å². The fourth-order valence-electron chi connectivity index (χ4n) is 2.48. The van der Waals surface area contributed by atoms with Gasteiger partial charge in [0, 0.05) is 17.6 Å². The first-order valence-corrected chi connectivity index (χ1v) is 7.13. The average Bonchev–Trinajstić information content (AvgIpc) is 2.99. The van der Waals surface area contributed by atoms with Crippen molar-refractivity contribution in [1.82, 2.24) is 14.5 Å². The van der Waals surface area contributed by atoms with E-state index in [1.807, 2.05) is 23.1 Å². The minimum absolute atomic E-state index is 0.114. The zero-order valence-electron chi connectivity index (χ0n) is 10.5. The van der Waals surface area contributed by atoms with Gasteiger partial charge < -0.3 is 15.2 Å². The summed E-state index contributed by atoms with van der Waals surface area (Å²) in [5.74, 6) is 0.504. The van der Waals surface area contributed by atoms with Gasteiger partial charge in [-0.05, 0) is 31.0 Å². The SMILES string of the molecule is Nc1nc2ccc(Br)cc2n1CC(=O)N1CCCC1. The topological polar surface area (TPSA) is 64.1 Å². The first-order valence-electron chi connectivity index (χ1n) is 6.34. The number of hydrogen-bond donors (Lipinski definition) is 1. The van der Waals surface area contributed by atoms with Crippen LogP contribution in [0.4, 0.5) is 5.95 Å². The van der Waals surface area contributed by atoms with E-state index >= 15 is 0 Å². The third kappa shape index (κ3) is 2.32. The van der Waals surface area contributed by atoms with Gasteiger partial charge in [0.15, 0.2) is 0 Å². The molecule has 1 aromatic heterocycles. The summed E-state index contributed by atoms with van der Waals surface area (Å²) in [6, 6.07) is 5.75. The number of anilines is 1. The molecule has 1 aliphatic heterocycles. The molecule has 2 N–H and O–H groups in total. The Morgan fingerprint density at radius 3 is 2.84 bits per heavy atom. The third-order valence-corrected chi connectivity index (χ3v) is 3.99. The number of nitrogens with two attached hydrogens (primary N) is 1. The van der Waals surface area contributed by atoms with Gasteiger partial charge in [0.05, 0.1) is 11.0 Å². The Labute approximate surface area is 119 Å². The largest absolute Gasteiger partial charge is 0.369 e. The summed E-state index contributed by atoms with van der Waals surface area (Å²) in [7, 11) is 0. The Morgan fingerprint density at radius 1 is 1.37 bits per heavy atom. The van der Waals surface area contributed by atoms with Crippen molar-refractivity contribution in [3.05, 3.63) is 22.7 Å². The lowest BCUT2D eigenvalue weighted by Gasteiger charge is -2.16. The molecular weight excluding hydrogens is 308 g/mol. The number of amides is 1. The Balaban J connectivity index is 1.93. The van der Waals surface area contributed by atoms with Gasteiger partial charge in [-0.25, -0.2) is 4.98 Å². The molecule has 0 radical (unpaired) electrons. The zero-order valence-corrected chi connectivity index (χ0v) is 12.1. The van der Waals surface area contributed by atoms with E-state index in [1.165, 1.54) is 0 Å². The number of imidazole rings is 1. The van der Waals surface area contributed by atoms with Crippen LogP contribution in [0.1, 0.15) is 12.8 Å². The maximum atomic E-state index is 12.2. The predicted octanol–water partition coefficient (Wildman–Crippen LogP) is 2.00. The maximum Gasteiger partial charge on any atom is 0.242 e. The van der Waals surface area contributed by atoms with Crippen molar-refractivity contribution >= 4 is 38.8 Å². The van der Waals surface area contributed by atoms with E-state index in [9.17, 15) is 4.79 Å². The second-order valence-electron chi connectivity index (χ2n) is 4.78. The predicted molar refractivity (Wildman–Crippen MR) is 77.7 cm³/mol. The molecule has 0 atom stereocenters. The molecule has 5 nitrogen and oxygen atoms in total. The van der Waals surface area contributed by atoms with Crippen molar-refractivity contribution in [2.24, 2.45) is 0 Å². The molecule has 1 aromatic carbocycles. The number of hydrogen-bond acceptors (Lipinski definition) is 3. The van der Waals surface area contributed by atoms with E-state index in [0.717, 1.165) is 41.4 Å². The van der Waals surface area contributed by atoms with Crippen LogP contribution in [-0.2, 0) is 11.3 Å². The van der Waals surface area contributed by atoms with Crippen LogP contribution in [0.5, 0.6) is 0 Å². The molecule has 19 heavy (non-hydrogen) atoms. The van der Waals surface area contributed by atoms with Gasteiger partial charge in [-0.15, -0.1) is 0 Å². The second-order valence-corrected chi connectivity index (χ2v) is 5.69. The number of likely N-dealkylation sites (tertiary alicyclic amines) is 1. The lowest BCUT2D eigenvalue weighted by atomic mass is 10.3. The van der Waals surface area contributed by atoms with E-state index < -0.39 is 0 Å². The van der Waals surface area contributed by atoms with Crippen molar-refractivity contribution in [3.8, 4) is 0 Å². The Kier molecular flexibility index (Phi) is 3.18. The Bertz CT molecular complexity index is 631. The van der Waals surface area contributed by atoms with E-state index in [1.54, 1.807) is 4.57 Å². The second kappa shape index (κ2) is 4.85. The number of aromatic nitrogens is 2. The summed E-state index contributed by atoms with van der Waals surface area (Å²) in [6.45, 7) is 1.98. The molecule has 6 heteroatoms. The molecule has 1 aliphatic rings. The highest BCUT2D eigenvalue weighted by Crippen LogP contribution is 2.22. The average molecular weight is 323 g/mol. The third-order valence-electron chi connectivity index (χ3n) is 3.49. The number of carbonyl (C=O) groups excluding carboxylic acids is 1. The standard InChI is InChI=1S/C13H15BrN4O/c14-9-3-4-10-11(7-9)18(13(15)16-10)8-12(19)17-5-1-2-6-17/h3-4,7H,1-2,5-6,8H2,(H2,15,16). The smallest absolute Gasteiger partial charge is 0.242 e. The van der Waals surface area contributed by atoms with Crippen LogP contribution in [0.3, 0.4) is 0 Å². The van der Waals surface area contributed by atoms with Crippen molar-refractivity contribution in [2.45, 2.75) is 19.4 Å². The summed E-state index contributed by atoms with van der Waals surface area (Å²) < 4.78 is 2.73. The summed E-state index contributed by atoms with van der Waals surface area (Å²) in [4.78, 5) is 18.4. The highest BCUT2D eigenvalue weighted by molar-refractivity contribution is 9.10. The number of halogens is 1. The minimum Gasteiger partial charge on any atom is -0.369 e. The lowest BCUT2D eigenvalue weighted by molar-refractivity contribution is -0.130. The normalized spacial score (nSPS) is 15.3. The van der Waals surface area contributed by atoms with Gasteiger partial charge >= 0.3 is 0 Å². The molecule has 3 rings (SSSR count). The highest BCUT2D eigenvalue weighted by atomic mass is 79.9. The summed E-state index contributed by atoms with van der Waals surface area (Å²) in [6.07, 6.45) is 2.19. The Hall–Kier alpha value is -1.56. The van der Waals surface area contributed by atoms with Crippen LogP contribution in [-0.4, -0.2) is 33.4 Å². The molecule has 2 aromatic rings. The van der Waals surface area contributed by atoms with Crippen LogP contribution in [0.25, 0.3) is 11.0 Å². The summed E-state index contributed by atoms with van der Waals surface area (Å²) in [5.41, 5.74) is 7.62. The van der Waals surface area contributed by atoms with Crippen molar-refractivity contribution < 1.29 is 4.79 Å². The van der Waals surface area contributed by atoms with Crippen LogP contribution in [0.15, 0.2) is 22.7 Å². The monoisotopic (exact) mass is 322 g/mol. The first-order chi connectivity index (χ1) is 9.15. The number of fused-ring (bicyclic) bond motifs is 1. The number of nitrogen functional groups attached to an aromatic ring is 1. The molecule has 0 saturated carbocycles. The van der Waals surface area contributed by atoms with Crippen molar-refractivity contribution in [3.63, 3.8) is 0 Å². The van der Waals surface area contributed by atoms with E-state index in [4.69, 9.17) is 5.73 Å². The first kappa shape index (κ1) is 12.5. The highest BCUT2D eigenvalue weighted by Gasteiger charge is 2.20. The molecule has 1 amide bonds. The maximum absolute atomic E-state index is 12.2. The summed E-state index contributed by atoms with van der Waals surface area (Å²) in [5, 5.41) is 0. The molecule has 100 valence electrons.